The molecular weight excluding hydrogens is 288 g/mol. The Kier molecular flexibility index (Phi) is 6.20. The van der Waals surface area contributed by atoms with Crippen molar-refractivity contribution in [3.63, 3.8) is 0 Å². The molecule has 1 amide bonds. The predicted octanol–water partition coefficient (Wildman–Crippen LogP) is 3.78. The summed E-state index contributed by atoms with van der Waals surface area (Å²) in [6.45, 7) is 6.53. The second-order valence-corrected chi connectivity index (χ2v) is 7.28. The largest absolute Gasteiger partial charge is 0.386 e. The van der Waals surface area contributed by atoms with E-state index in [4.69, 9.17) is 4.84 Å². The fraction of sp³-hybridized carbons (Fsp3) is 0.579. The molecule has 0 saturated heterocycles. The average Bonchev–Trinajstić information content (AvgIpc) is 2.52. The van der Waals surface area contributed by atoms with E-state index in [0.717, 1.165) is 18.4 Å². The van der Waals surface area contributed by atoms with Crippen molar-refractivity contribution in [2.24, 2.45) is 5.16 Å². The third-order valence-electron chi connectivity index (χ3n) is 4.22. The van der Waals surface area contributed by atoms with Gasteiger partial charge in [0.1, 0.15) is 0 Å². The zero-order valence-corrected chi connectivity index (χ0v) is 14.5. The van der Waals surface area contributed by atoms with Gasteiger partial charge in [-0.15, -0.1) is 0 Å². The van der Waals surface area contributed by atoms with Crippen LogP contribution in [0, 0.1) is 0 Å². The van der Waals surface area contributed by atoms with Crippen LogP contribution in [-0.2, 0) is 15.0 Å². The molecule has 1 aliphatic carbocycles. The van der Waals surface area contributed by atoms with Crippen molar-refractivity contribution >= 4 is 12.1 Å². The van der Waals surface area contributed by atoms with Crippen LogP contribution in [0.1, 0.15) is 64.0 Å². The first-order chi connectivity index (χ1) is 10.9. The Morgan fingerprint density at radius 1 is 1.22 bits per heavy atom. The highest BCUT2D eigenvalue weighted by Gasteiger charge is 2.15. The molecule has 2 rings (SSSR count). The van der Waals surface area contributed by atoms with E-state index in [2.05, 4.69) is 43.4 Å². The summed E-state index contributed by atoms with van der Waals surface area (Å²) in [6, 6.07) is 8.52. The van der Waals surface area contributed by atoms with Crippen LogP contribution in [0.25, 0.3) is 0 Å². The lowest BCUT2D eigenvalue weighted by molar-refractivity contribution is -0.126. The van der Waals surface area contributed by atoms with E-state index in [1.807, 2.05) is 12.1 Å². The van der Waals surface area contributed by atoms with Gasteiger partial charge in [0, 0.05) is 6.04 Å². The highest BCUT2D eigenvalue weighted by molar-refractivity contribution is 5.80. The molecule has 1 saturated carbocycles. The lowest BCUT2D eigenvalue weighted by Crippen LogP contribution is -2.38. The maximum atomic E-state index is 11.8. The standard InChI is InChI=1S/C19H28N2O2/c1-19(2,3)16-11-9-15(10-12-16)13-20-23-14-18(22)21-17-7-5-4-6-8-17/h9-13,17H,4-8,14H2,1-3H3,(H,21,22)/b20-13+. The Labute approximate surface area is 139 Å². The van der Waals surface area contributed by atoms with Gasteiger partial charge in [-0.1, -0.05) is 69.5 Å². The zero-order chi connectivity index (χ0) is 16.7. The fourth-order valence-electron chi connectivity index (χ4n) is 2.78. The van der Waals surface area contributed by atoms with Gasteiger partial charge in [-0.2, -0.15) is 0 Å². The Morgan fingerprint density at radius 2 is 1.87 bits per heavy atom. The van der Waals surface area contributed by atoms with Gasteiger partial charge >= 0.3 is 0 Å². The Bertz CT molecular complexity index is 523. The molecule has 1 N–H and O–H groups in total. The number of nitrogens with one attached hydrogen (secondary N) is 1. The topological polar surface area (TPSA) is 50.7 Å². The summed E-state index contributed by atoms with van der Waals surface area (Å²) < 4.78 is 0. The Hall–Kier alpha value is -1.84. The van der Waals surface area contributed by atoms with E-state index < -0.39 is 0 Å². The SMILES string of the molecule is CC(C)(C)c1ccc(/C=N/OCC(=O)NC2CCCCC2)cc1. The highest BCUT2D eigenvalue weighted by atomic mass is 16.6. The summed E-state index contributed by atoms with van der Waals surface area (Å²) in [5.41, 5.74) is 2.39. The molecule has 0 heterocycles. The zero-order valence-electron chi connectivity index (χ0n) is 14.5. The number of carbonyl (C=O) groups excluding carboxylic acids is 1. The summed E-state index contributed by atoms with van der Waals surface area (Å²) in [4.78, 5) is 16.9. The Morgan fingerprint density at radius 3 is 2.48 bits per heavy atom. The maximum Gasteiger partial charge on any atom is 0.260 e. The number of oxime groups is 1. The molecule has 23 heavy (non-hydrogen) atoms. The van der Waals surface area contributed by atoms with Gasteiger partial charge in [-0.3, -0.25) is 4.79 Å². The normalized spacial score (nSPS) is 16.5. The van der Waals surface area contributed by atoms with Crippen LogP contribution < -0.4 is 5.32 Å². The van der Waals surface area contributed by atoms with E-state index in [1.165, 1.54) is 24.8 Å². The number of benzene rings is 1. The Balaban J connectivity index is 1.72. The van der Waals surface area contributed by atoms with E-state index in [1.54, 1.807) is 6.21 Å². The molecular formula is C19H28N2O2. The van der Waals surface area contributed by atoms with E-state index >= 15 is 0 Å². The molecule has 4 heteroatoms. The van der Waals surface area contributed by atoms with Crippen LogP contribution >= 0.6 is 0 Å². The number of rotatable bonds is 5. The van der Waals surface area contributed by atoms with E-state index in [-0.39, 0.29) is 17.9 Å². The first kappa shape index (κ1) is 17.5. The third kappa shape index (κ3) is 6.05. The van der Waals surface area contributed by atoms with Crippen molar-refractivity contribution in [3.8, 4) is 0 Å². The van der Waals surface area contributed by atoms with Crippen molar-refractivity contribution in [1.29, 1.82) is 0 Å². The molecule has 0 bridgehead atoms. The lowest BCUT2D eigenvalue weighted by atomic mass is 9.87. The van der Waals surface area contributed by atoms with Crippen LogP contribution in [0.3, 0.4) is 0 Å². The quantitative estimate of drug-likeness (QED) is 0.664. The van der Waals surface area contributed by atoms with Gasteiger partial charge in [0.2, 0.25) is 0 Å². The van der Waals surface area contributed by atoms with Gasteiger partial charge < -0.3 is 10.2 Å². The van der Waals surface area contributed by atoms with Gasteiger partial charge in [0.05, 0.1) is 6.21 Å². The smallest absolute Gasteiger partial charge is 0.260 e. The minimum Gasteiger partial charge on any atom is -0.386 e. The summed E-state index contributed by atoms with van der Waals surface area (Å²) in [7, 11) is 0. The summed E-state index contributed by atoms with van der Waals surface area (Å²) in [6.07, 6.45) is 7.48. The number of amides is 1. The minimum atomic E-state index is -0.0860. The predicted molar refractivity (Wildman–Crippen MR) is 93.7 cm³/mol. The summed E-state index contributed by atoms with van der Waals surface area (Å²) >= 11 is 0. The molecule has 1 aromatic rings. The van der Waals surface area contributed by atoms with Gasteiger partial charge in [0.15, 0.2) is 6.61 Å². The number of nitrogens with zero attached hydrogens (tertiary/aromatic N) is 1. The van der Waals surface area contributed by atoms with Crippen LogP contribution in [0.4, 0.5) is 0 Å². The van der Waals surface area contributed by atoms with Gasteiger partial charge in [-0.25, -0.2) is 0 Å². The van der Waals surface area contributed by atoms with Crippen LogP contribution in [0.2, 0.25) is 0 Å². The molecule has 1 aromatic carbocycles. The number of hydrogen-bond donors (Lipinski definition) is 1. The van der Waals surface area contributed by atoms with Crippen LogP contribution in [0.15, 0.2) is 29.4 Å². The van der Waals surface area contributed by atoms with Crippen molar-refractivity contribution in [3.05, 3.63) is 35.4 Å². The van der Waals surface area contributed by atoms with Crippen LogP contribution in [-0.4, -0.2) is 24.8 Å². The third-order valence-corrected chi connectivity index (χ3v) is 4.22. The molecule has 0 spiro atoms. The maximum absolute atomic E-state index is 11.8. The molecule has 0 aliphatic heterocycles. The molecule has 0 aromatic heterocycles. The molecule has 0 unspecified atom stereocenters. The van der Waals surface area contributed by atoms with Crippen molar-refractivity contribution < 1.29 is 9.63 Å². The molecule has 1 aliphatic rings. The molecule has 126 valence electrons. The minimum absolute atomic E-state index is 0.0208. The highest BCUT2D eigenvalue weighted by Crippen LogP contribution is 2.21. The lowest BCUT2D eigenvalue weighted by Gasteiger charge is -2.22. The number of carbonyl (C=O) groups is 1. The monoisotopic (exact) mass is 316 g/mol. The van der Waals surface area contributed by atoms with Crippen molar-refractivity contribution in [2.45, 2.75) is 64.3 Å². The van der Waals surface area contributed by atoms with E-state index in [0.29, 0.717) is 6.04 Å². The molecule has 1 fully saturated rings. The first-order valence-corrected chi connectivity index (χ1v) is 8.50. The number of hydrogen-bond acceptors (Lipinski definition) is 3. The molecule has 0 atom stereocenters. The van der Waals surface area contributed by atoms with Gasteiger partial charge in [-0.05, 0) is 29.4 Å². The second-order valence-electron chi connectivity index (χ2n) is 7.28. The molecule has 0 radical (unpaired) electrons. The second kappa shape index (κ2) is 8.14. The summed E-state index contributed by atoms with van der Waals surface area (Å²) in [5, 5.41) is 6.88. The summed E-state index contributed by atoms with van der Waals surface area (Å²) in [5.74, 6) is -0.0860. The van der Waals surface area contributed by atoms with Crippen molar-refractivity contribution in [1.82, 2.24) is 5.32 Å². The fourth-order valence-corrected chi connectivity index (χ4v) is 2.78. The molecule has 4 nitrogen and oxygen atoms in total. The van der Waals surface area contributed by atoms with Crippen LogP contribution in [0.5, 0.6) is 0 Å². The first-order valence-electron chi connectivity index (χ1n) is 8.50. The average molecular weight is 316 g/mol. The van der Waals surface area contributed by atoms with Gasteiger partial charge in [0.25, 0.3) is 5.91 Å². The van der Waals surface area contributed by atoms with E-state index in [9.17, 15) is 4.79 Å². The van der Waals surface area contributed by atoms with Crippen molar-refractivity contribution in [2.75, 3.05) is 6.61 Å².